The van der Waals surface area contributed by atoms with Crippen molar-refractivity contribution >= 4 is 62.8 Å². The van der Waals surface area contributed by atoms with Gasteiger partial charge in [0.1, 0.15) is 11.5 Å². The summed E-state index contributed by atoms with van der Waals surface area (Å²) in [6.45, 7) is 13.4. The average Bonchev–Trinajstić information content (AvgIpc) is 2.75. The largest absolute Gasteiger partial charge is 0.507 e. The molecular weight excluding hydrogens is 662 g/mol. The zero-order valence-electron chi connectivity index (χ0n) is 21.4. The van der Waals surface area contributed by atoms with Gasteiger partial charge in [-0.05, 0) is 91.9 Å². The number of hydrogen-bond donors (Lipinski definition) is 2. The van der Waals surface area contributed by atoms with Crippen molar-refractivity contribution in [3.8, 4) is 11.5 Å². The van der Waals surface area contributed by atoms with Crippen molar-refractivity contribution in [2.24, 2.45) is 4.99 Å². The third kappa shape index (κ3) is 6.70. The Labute approximate surface area is 236 Å². The summed E-state index contributed by atoms with van der Waals surface area (Å²) >= 11 is 4.44. The summed E-state index contributed by atoms with van der Waals surface area (Å²) in [5, 5.41) is 21.7. The van der Waals surface area contributed by atoms with Crippen molar-refractivity contribution in [2.75, 3.05) is 11.9 Å². The summed E-state index contributed by atoms with van der Waals surface area (Å²) in [6, 6.07) is 16.0. The van der Waals surface area contributed by atoms with E-state index >= 15 is 0 Å². The molecule has 3 rings (SSSR count). The van der Waals surface area contributed by atoms with E-state index in [1.54, 1.807) is 6.21 Å². The number of phenols is 2. The standard InChI is InChI=1S/C29H34I2N2O2/c1-28(2,3)20-12-18(26(34)22(14-20)29(4,5)6)16-32-24-10-8-9-11-25(24)33(7)17-19-13-21(30)15-23(31)27(19)35/h8-16,34-35H,17H2,1-7H3/b32-16+. The van der Waals surface area contributed by atoms with Gasteiger partial charge < -0.3 is 15.1 Å². The lowest BCUT2D eigenvalue weighted by atomic mass is 9.79. The van der Waals surface area contributed by atoms with E-state index in [2.05, 4.69) is 97.7 Å². The smallest absolute Gasteiger partial charge is 0.133 e. The molecule has 0 bridgehead atoms. The molecule has 0 radical (unpaired) electrons. The van der Waals surface area contributed by atoms with Crippen LogP contribution >= 0.6 is 45.2 Å². The van der Waals surface area contributed by atoms with Gasteiger partial charge >= 0.3 is 0 Å². The van der Waals surface area contributed by atoms with E-state index in [1.165, 1.54) is 0 Å². The molecule has 0 saturated heterocycles. The van der Waals surface area contributed by atoms with Gasteiger partial charge in [-0.15, -0.1) is 0 Å². The Hall–Kier alpha value is -1.81. The molecule has 186 valence electrons. The molecule has 0 saturated carbocycles. The van der Waals surface area contributed by atoms with E-state index in [0.29, 0.717) is 17.9 Å². The molecule has 0 atom stereocenters. The topological polar surface area (TPSA) is 56.1 Å². The highest BCUT2D eigenvalue weighted by atomic mass is 127. The Morgan fingerprint density at radius 3 is 2.17 bits per heavy atom. The molecule has 3 aromatic carbocycles. The van der Waals surface area contributed by atoms with Crippen molar-refractivity contribution in [2.45, 2.75) is 58.9 Å². The maximum absolute atomic E-state index is 11.1. The molecular formula is C29H34I2N2O2. The first kappa shape index (κ1) is 27.8. The minimum atomic E-state index is -0.196. The van der Waals surface area contributed by atoms with E-state index in [1.807, 2.05) is 49.5 Å². The number of aliphatic imine (C=N–C) groups is 1. The van der Waals surface area contributed by atoms with Crippen LogP contribution in [0.25, 0.3) is 0 Å². The number of phenolic OH excluding ortho intramolecular Hbond substituents is 2. The van der Waals surface area contributed by atoms with Gasteiger partial charge in [-0.3, -0.25) is 4.99 Å². The second-order valence-corrected chi connectivity index (χ2v) is 13.4. The van der Waals surface area contributed by atoms with E-state index in [0.717, 1.165) is 35.2 Å². The molecule has 0 fully saturated rings. The van der Waals surface area contributed by atoms with Crippen LogP contribution in [0.1, 0.15) is 63.8 Å². The second-order valence-electron chi connectivity index (χ2n) is 11.0. The first-order valence-corrected chi connectivity index (χ1v) is 13.7. The molecule has 0 aromatic heterocycles. The summed E-state index contributed by atoms with van der Waals surface area (Å²) in [5.74, 6) is 0.593. The van der Waals surface area contributed by atoms with Gasteiger partial charge in [-0.2, -0.15) is 0 Å². The Morgan fingerprint density at radius 1 is 0.886 bits per heavy atom. The number of aromatic hydroxyl groups is 2. The normalized spacial score (nSPS) is 12.4. The summed E-state index contributed by atoms with van der Waals surface area (Å²) in [7, 11) is 2.00. The number of benzene rings is 3. The van der Waals surface area contributed by atoms with Crippen molar-refractivity contribution < 1.29 is 10.2 Å². The first-order valence-electron chi connectivity index (χ1n) is 11.6. The van der Waals surface area contributed by atoms with Gasteiger partial charge in [0.05, 0.1) is 14.9 Å². The summed E-state index contributed by atoms with van der Waals surface area (Å²) < 4.78 is 1.93. The molecule has 35 heavy (non-hydrogen) atoms. The van der Waals surface area contributed by atoms with Crippen LogP contribution in [0.2, 0.25) is 0 Å². The molecule has 0 heterocycles. The maximum Gasteiger partial charge on any atom is 0.133 e. The minimum absolute atomic E-state index is 0.0544. The molecule has 0 amide bonds. The van der Waals surface area contributed by atoms with Gasteiger partial charge in [0.25, 0.3) is 0 Å². The summed E-state index contributed by atoms with van der Waals surface area (Å²) in [6.07, 6.45) is 1.76. The molecule has 0 spiro atoms. The first-order chi connectivity index (χ1) is 16.2. The fourth-order valence-electron chi connectivity index (χ4n) is 3.88. The van der Waals surface area contributed by atoms with Crippen LogP contribution < -0.4 is 4.90 Å². The monoisotopic (exact) mass is 696 g/mol. The predicted molar refractivity (Wildman–Crippen MR) is 165 cm³/mol. The second kappa shape index (κ2) is 10.7. The molecule has 0 unspecified atom stereocenters. The number of halogens is 2. The van der Waals surface area contributed by atoms with E-state index < -0.39 is 0 Å². The van der Waals surface area contributed by atoms with Gasteiger partial charge in [0.15, 0.2) is 0 Å². The number of nitrogens with zero attached hydrogens (tertiary/aromatic N) is 2. The van der Waals surface area contributed by atoms with Crippen LogP contribution in [-0.2, 0) is 17.4 Å². The van der Waals surface area contributed by atoms with Crippen LogP contribution in [0, 0.1) is 7.14 Å². The fraction of sp³-hybridized carbons (Fsp3) is 0.345. The van der Waals surface area contributed by atoms with E-state index in [-0.39, 0.29) is 16.6 Å². The Balaban J connectivity index is 2.01. The van der Waals surface area contributed by atoms with Crippen LogP contribution in [0.4, 0.5) is 11.4 Å². The highest BCUT2D eigenvalue weighted by Crippen LogP contribution is 2.38. The van der Waals surface area contributed by atoms with Crippen LogP contribution in [0.5, 0.6) is 11.5 Å². The Kier molecular flexibility index (Phi) is 8.46. The average molecular weight is 696 g/mol. The number of para-hydroxylation sites is 2. The number of anilines is 1. The third-order valence-corrected chi connectivity index (χ3v) is 7.41. The summed E-state index contributed by atoms with van der Waals surface area (Å²) in [4.78, 5) is 6.89. The lowest BCUT2D eigenvalue weighted by Gasteiger charge is -2.27. The van der Waals surface area contributed by atoms with Crippen LogP contribution in [0.15, 0.2) is 53.5 Å². The lowest BCUT2D eigenvalue weighted by Crippen LogP contribution is -2.17. The van der Waals surface area contributed by atoms with Crippen molar-refractivity contribution in [1.82, 2.24) is 0 Å². The molecule has 6 heteroatoms. The molecule has 0 aliphatic carbocycles. The van der Waals surface area contributed by atoms with Crippen LogP contribution in [0.3, 0.4) is 0 Å². The fourth-order valence-corrected chi connectivity index (χ4v) is 5.84. The molecule has 2 N–H and O–H groups in total. The summed E-state index contributed by atoms with van der Waals surface area (Å²) in [5.41, 5.74) is 5.15. The minimum Gasteiger partial charge on any atom is -0.507 e. The molecule has 0 aliphatic rings. The maximum atomic E-state index is 11.1. The highest BCUT2D eigenvalue weighted by molar-refractivity contribution is 14.1. The van der Waals surface area contributed by atoms with E-state index in [4.69, 9.17) is 4.99 Å². The Bertz CT molecular complexity index is 1250. The van der Waals surface area contributed by atoms with Gasteiger partial charge in [-0.25, -0.2) is 0 Å². The molecule has 0 aliphatic heterocycles. The van der Waals surface area contributed by atoms with Gasteiger partial charge in [0.2, 0.25) is 0 Å². The zero-order chi connectivity index (χ0) is 26.1. The number of hydrogen-bond acceptors (Lipinski definition) is 4. The highest BCUT2D eigenvalue weighted by Gasteiger charge is 2.24. The Morgan fingerprint density at radius 2 is 1.54 bits per heavy atom. The van der Waals surface area contributed by atoms with Crippen molar-refractivity contribution in [3.05, 3.63) is 77.9 Å². The van der Waals surface area contributed by atoms with E-state index in [9.17, 15) is 10.2 Å². The lowest BCUT2D eigenvalue weighted by molar-refractivity contribution is 0.444. The van der Waals surface area contributed by atoms with Gasteiger partial charge in [0, 0.05) is 40.1 Å². The SMILES string of the molecule is CN(Cc1cc(I)cc(I)c1O)c1ccccc1/N=C/c1cc(C(C)(C)C)cc(C(C)(C)C)c1O. The molecule has 3 aromatic rings. The van der Waals surface area contributed by atoms with Crippen molar-refractivity contribution in [1.29, 1.82) is 0 Å². The number of rotatable bonds is 5. The zero-order valence-corrected chi connectivity index (χ0v) is 25.8. The van der Waals surface area contributed by atoms with Crippen molar-refractivity contribution in [3.63, 3.8) is 0 Å². The third-order valence-electron chi connectivity index (χ3n) is 5.96. The van der Waals surface area contributed by atoms with Crippen LogP contribution in [-0.4, -0.2) is 23.5 Å². The van der Waals surface area contributed by atoms with Gasteiger partial charge in [-0.1, -0.05) is 59.7 Å². The molecule has 4 nitrogen and oxygen atoms in total. The predicted octanol–water partition coefficient (Wildman–Crippen LogP) is 8.29. The quantitative estimate of drug-likeness (QED) is 0.209.